The number of carbonyl (C=O) groups is 1. The molecule has 4 aromatic carbocycles. The first-order valence-electron chi connectivity index (χ1n) is 12.3. The van der Waals surface area contributed by atoms with Gasteiger partial charge in [-0.2, -0.15) is 0 Å². The van der Waals surface area contributed by atoms with E-state index in [0.717, 1.165) is 39.9 Å². The van der Waals surface area contributed by atoms with Crippen molar-refractivity contribution in [3.8, 4) is 0 Å². The second-order valence-corrected chi connectivity index (χ2v) is 9.83. The van der Waals surface area contributed by atoms with Crippen molar-refractivity contribution in [1.82, 2.24) is 9.55 Å². The van der Waals surface area contributed by atoms with E-state index in [1.807, 2.05) is 29.2 Å². The lowest BCUT2D eigenvalue weighted by Gasteiger charge is -2.20. The van der Waals surface area contributed by atoms with Gasteiger partial charge in [-0.05, 0) is 61.0 Å². The summed E-state index contributed by atoms with van der Waals surface area (Å²) in [7, 11) is 0. The van der Waals surface area contributed by atoms with Gasteiger partial charge in [0, 0.05) is 30.8 Å². The number of imidazole rings is 1. The molecular weight excluding hydrogens is 430 g/mol. The number of amides is 1. The Morgan fingerprint density at radius 2 is 1.60 bits per heavy atom. The predicted octanol–water partition coefficient (Wildman–Crippen LogP) is 6.68. The van der Waals surface area contributed by atoms with Gasteiger partial charge in [-0.3, -0.25) is 4.79 Å². The minimum atomic E-state index is 0.0416. The molecule has 5 aromatic rings. The lowest BCUT2D eigenvalue weighted by Crippen LogP contribution is -2.24. The van der Waals surface area contributed by atoms with Crippen LogP contribution in [0.1, 0.15) is 40.4 Å². The number of nitrogens with zero attached hydrogens (tertiary/aromatic N) is 3. The third-order valence-corrected chi connectivity index (χ3v) is 7.39. The van der Waals surface area contributed by atoms with Crippen molar-refractivity contribution >= 4 is 33.4 Å². The van der Waals surface area contributed by atoms with Gasteiger partial charge in [0.1, 0.15) is 5.82 Å². The zero-order valence-corrected chi connectivity index (χ0v) is 20.5. The third kappa shape index (κ3) is 3.70. The van der Waals surface area contributed by atoms with Crippen LogP contribution in [0, 0.1) is 20.8 Å². The summed E-state index contributed by atoms with van der Waals surface area (Å²) < 4.78 is 2.34. The Morgan fingerprint density at radius 1 is 0.886 bits per heavy atom. The molecule has 4 heteroatoms. The SMILES string of the molecule is Cc1cc(C)c(Cn2c(C3CC(=O)N(c4cccc5ccccc45)C3)nc3ccccc32)c(C)c1. The number of carbonyl (C=O) groups excluding carboxylic acids is 1. The maximum Gasteiger partial charge on any atom is 0.227 e. The summed E-state index contributed by atoms with van der Waals surface area (Å²) in [5.41, 5.74) is 8.31. The lowest BCUT2D eigenvalue weighted by atomic mass is 9.99. The Morgan fingerprint density at radius 3 is 2.43 bits per heavy atom. The Hall–Kier alpha value is -3.92. The molecule has 1 fully saturated rings. The highest BCUT2D eigenvalue weighted by atomic mass is 16.2. The average Bonchev–Trinajstić information content (AvgIpc) is 3.41. The summed E-state index contributed by atoms with van der Waals surface area (Å²) in [6.45, 7) is 7.92. The van der Waals surface area contributed by atoms with Gasteiger partial charge in [-0.1, -0.05) is 66.2 Å². The third-order valence-electron chi connectivity index (χ3n) is 7.39. The van der Waals surface area contributed by atoms with E-state index in [4.69, 9.17) is 4.98 Å². The Balaban J connectivity index is 1.42. The number of rotatable bonds is 4. The summed E-state index contributed by atoms with van der Waals surface area (Å²) in [4.78, 5) is 20.4. The largest absolute Gasteiger partial charge is 0.323 e. The van der Waals surface area contributed by atoms with Gasteiger partial charge in [-0.25, -0.2) is 4.98 Å². The number of hydrogen-bond donors (Lipinski definition) is 0. The van der Waals surface area contributed by atoms with Crippen LogP contribution >= 0.6 is 0 Å². The summed E-state index contributed by atoms with van der Waals surface area (Å²) in [6.07, 6.45) is 0.471. The number of aromatic nitrogens is 2. The molecule has 1 saturated heterocycles. The van der Waals surface area contributed by atoms with Crippen molar-refractivity contribution in [1.29, 1.82) is 0 Å². The van der Waals surface area contributed by atoms with E-state index in [2.05, 4.69) is 79.9 Å². The highest BCUT2D eigenvalue weighted by molar-refractivity contribution is 6.05. The standard InChI is InChI=1S/C31H29N3O/c1-20-15-21(2)26(22(3)16-20)19-34-29-13-7-6-12-27(29)32-31(34)24-17-30(35)33(18-24)28-14-8-10-23-9-4-5-11-25(23)28/h4-16,24H,17-19H2,1-3H3. The van der Waals surface area contributed by atoms with Gasteiger partial charge >= 0.3 is 0 Å². The minimum absolute atomic E-state index is 0.0416. The van der Waals surface area contributed by atoms with Crippen molar-refractivity contribution < 1.29 is 4.79 Å². The zero-order chi connectivity index (χ0) is 24.1. The summed E-state index contributed by atoms with van der Waals surface area (Å²) in [5.74, 6) is 1.20. The molecule has 6 rings (SSSR count). The van der Waals surface area contributed by atoms with Crippen LogP contribution in [0.15, 0.2) is 78.9 Å². The minimum Gasteiger partial charge on any atom is -0.323 e. The van der Waals surface area contributed by atoms with Crippen LogP contribution in [0.4, 0.5) is 5.69 Å². The van der Waals surface area contributed by atoms with E-state index in [1.165, 1.54) is 22.3 Å². The second kappa shape index (κ2) is 8.38. The Labute approximate surface area is 205 Å². The first-order valence-corrected chi connectivity index (χ1v) is 12.3. The summed E-state index contributed by atoms with van der Waals surface area (Å²) in [5, 5.41) is 2.27. The van der Waals surface area contributed by atoms with Crippen LogP contribution in [0.5, 0.6) is 0 Å². The number of aryl methyl sites for hydroxylation is 3. The van der Waals surface area contributed by atoms with E-state index < -0.39 is 0 Å². The van der Waals surface area contributed by atoms with E-state index in [1.54, 1.807) is 0 Å². The van der Waals surface area contributed by atoms with Gasteiger partial charge in [-0.15, -0.1) is 0 Å². The molecule has 35 heavy (non-hydrogen) atoms. The number of anilines is 1. The molecule has 0 radical (unpaired) electrons. The van der Waals surface area contributed by atoms with Gasteiger partial charge in [0.15, 0.2) is 0 Å². The fourth-order valence-electron chi connectivity index (χ4n) is 5.75. The molecule has 0 spiro atoms. The van der Waals surface area contributed by atoms with Gasteiger partial charge in [0.2, 0.25) is 5.91 Å². The van der Waals surface area contributed by atoms with Crippen molar-refractivity contribution in [2.45, 2.75) is 39.7 Å². The van der Waals surface area contributed by atoms with E-state index in [-0.39, 0.29) is 11.8 Å². The number of para-hydroxylation sites is 2. The Kier molecular flexibility index (Phi) is 5.18. The first-order chi connectivity index (χ1) is 17.0. The maximum absolute atomic E-state index is 13.3. The fraction of sp³-hybridized carbons (Fsp3) is 0.226. The van der Waals surface area contributed by atoms with Gasteiger partial charge < -0.3 is 9.47 Å². The maximum atomic E-state index is 13.3. The van der Waals surface area contributed by atoms with Gasteiger partial charge in [0.25, 0.3) is 0 Å². The molecule has 1 atom stereocenters. The van der Waals surface area contributed by atoms with Crippen LogP contribution < -0.4 is 4.90 Å². The molecule has 174 valence electrons. The molecule has 2 heterocycles. The van der Waals surface area contributed by atoms with Crippen molar-refractivity contribution in [3.05, 3.63) is 107 Å². The molecule has 1 aliphatic rings. The first kappa shape index (κ1) is 21.6. The summed E-state index contributed by atoms with van der Waals surface area (Å²) >= 11 is 0. The van der Waals surface area contributed by atoms with E-state index in [0.29, 0.717) is 13.0 Å². The molecule has 0 aliphatic carbocycles. The molecule has 0 saturated carbocycles. The lowest BCUT2D eigenvalue weighted by molar-refractivity contribution is -0.117. The number of fused-ring (bicyclic) bond motifs is 2. The predicted molar refractivity (Wildman–Crippen MR) is 143 cm³/mol. The molecule has 1 aliphatic heterocycles. The van der Waals surface area contributed by atoms with E-state index >= 15 is 0 Å². The monoisotopic (exact) mass is 459 g/mol. The highest BCUT2D eigenvalue weighted by Crippen LogP contribution is 2.36. The average molecular weight is 460 g/mol. The van der Waals surface area contributed by atoms with Crippen molar-refractivity contribution in [2.24, 2.45) is 0 Å². The van der Waals surface area contributed by atoms with Crippen LogP contribution in [0.2, 0.25) is 0 Å². The van der Waals surface area contributed by atoms with Crippen LogP contribution in [0.3, 0.4) is 0 Å². The Bertz CT molecular complexity index is 1570. The quantitative estimate of drug-likeness (QED) is 0.300. The second-order valence-electron chi connectivity index (χ2n) is 9.83. The van der Waals surface area contributed by atoms with Crippen LogP contribution in [-0.2, 0) is 11.3 Å². The number of hydrogen-bond acceptors (Lipinski definition) is 2. The fourth-order valence-corrected chi connectivity index (χ4v) is 5.75. The molecule has 4 nitrogen and oxygen atoms in total. The van der Waals surface area contributed by atoms with Crippen LogP contribution in [0.25, 0.3) is 21.8 Å². The summed E-state index contributed by atoms with van der Waals surface area (Å²) in [6, 6.07) is 27.3. The molecule has 1 aromatic heterocycles. The van der Waals surface area contributed by atoms with E-state index in [9.17, 15) is 4.79 Å². The normalized spacial score (nSPS) is 16.0. The van der Waals surface area contributed by atoms with Crippen molar-refractivity contribution in [2.75, 3.05) is 11.4 Å². The smallest absolute Gasteiger partial charge is 0.227 e. The zero-order valence-electron chi connectivity index (χ0n) is 20.5. The topological polar surface area (TPSA) is 38.1 Å². The molecule has 1 unspecified atom stereocenters. The van der Waals surface area contributed by atoms with Crippen LogP contribution in [-0.4, -0.2) is 22.0 Å². The molecule has 1 amide bonds. The molecule has 0 N–H and O–H groups in total. The van der Waals surface area contributed by atoms with Crippen molar-refractivity contribution in [3.63, 3.8) is 0 Å². The van der Waals surface area contributed by atoms with Gasteiger partial charge in [0.05, 0.1) is 16.7 Å². The molecule has 0 bridgehead atoms. The highest BCUT2D eigenvalue weighted by Gasteiger charge is 2.35. The number of benzene rings is 4. The molecular formula is C31H29N3O.